The van der Waals surface area contributed by atoms with Crippen molar-refractivity contribution in [3.05, 3.63) is 23.8 Å². The number of rotatable bonds is 3. The zero-order valence-corrected chi connectivity index (χ0v) is 11.5. The first-order chi connectivity index (χ1) is 8.87. The van der Waals surface area contributed by atoms with E-state index >= 15 is 0 Å². The highest BCUT2D eigenvalue weighted by atomic mass is 16.2. The van der Waals surface area contributed by atoms with Crippen LogP contribution in [-0.2, 0) is 15.0 Å². The topological polar surface area (TPSA) is 75.4 Å². The lowest BCUT2D eigenvalue weighted by molar-refractivity contribution is -0.121. The van der Waals surface area contributed by atoms with Gasteiger partial charge in [-0.25, -0.2) is 0 Å². The second-order valence-electron chi connectivity index (χ2n) is 5.31. The fourth-order valence-electron chi connectivity index (χ4n) is 2.41. The van der Waals surface area contributed by atoms with Crippen molar-refractivity contribution >= 4 is 23.2 Å². The van der Waals surface area contributed by atoms with Gasteiger partial charge in [-0.1, -0.05) is 0 Å². The second-order valence-corrected chi connectivity index (χ2v) is 5.31. The molecule has 2 rings (SSSR count). The summed E-state index contributed by atoms with van der Waals surface area (Å²) in [5.41, 5.74) is 7.32. The highest BCUT2D eigenvalue weighted by Gasteiger charge is 2.42. The van der Waals surface area contributed by atoms with E-state index in [2.05, 4.69) is 5.32 Å². The maximum Gasteiger partial charge on any atom is 0.236 e. The Balaban J connectivity index is 2.33. The quantitative estimate of drug-likeness (QED) is 0.859. The molecule has 0 radical (unpaired) electrons. The number of amides is 2. The number of nitrogens with one attached hydrogen (secondary N) is 1. The highest BCUT2D eigenvalue weighted by molar-refractivity contribution is 6.07. The molecule has 0 saturated carbocycles. The summed E-state index contributed by atoms with van der Waals surface area (Å²) in [5, 5.41) is 2.79. The third kappa shape index (κ3) is 2.21. The zero-order valence-electron chi connectivity index (χ0n) is 11.5. The predicted octanol–water partition coefficient (Wildman–Crippen LogP) is 1.23. The summed E-state index contributed by atoms with van der Waals surface area (Å²) in [7, 11) is 1.77. The molecular weight excluding hydrogens is 242 g/mol. The lowest BCUT2D eigenvalue weighted by Gasteiger charge is -2.16. The van der Waals surface area contributed by atoms with E-state index in [1.54, 1.807) is 18.0 Å². The Kier molecular flexibility index (Phi) is 3.32. The van der Waals surface area contributed by atoms with Crippen molar-refractivity contribution in [2.45, 2.75) is 25.7 Å². The lowest BCUT2D eigenvalue weighted by Crippen LogP contribution is -2.33. The number of benzene rings is 1. The number of carbonyl (C=O) groups is 2. The molecule has 1 heterocycles. The molecular formula is C14H19N3O2. The third-order valence-corrected chi connectivity index (χ3v) is 3.53. The maximum absolute atomic E-state index is 12.1. The lowest BCUT2D eigenvalue weighted by atomic mass is 9.86. The number of likely N-dealkylation sites (N-methyl/N-ethyl adjacent to an activating group) is 1. The number of hydrogen-bond donors (Lipinski definition) is 2. The first kappa shape index (κ1) is 13.5. The number of anilines is 2. The Morgan fingerprint density at radius 1 is 1.42 bits per heavy atom. The molecule has 5 heteroatoms. The van der Waals surface area contributed by atoms with Gasteiger partial charge in [-0.15, -0.1) is 0 Å². The fourth-order valence-corrected chi connectivity index (χ4v) is 2.41. The number of carbonyl (C=O) groups excluding carboxylic acids is 2. The molecule has 0 aliphatic carbocycles. The van der Waals surface area contributed by atoms with Crippen LogP contribution in [0.15, 0.2) is 18.2 Å². The van der Waals surface area contributed by atoms with E-state index in [9.17, 15) is 9.59 Å². The first-order valence-corrected chi connectivity index (χ1v) is 6.30. The molecule has 3 N–H and O–H groups in total. The molecule has 102 valence electrons. The van der Waals surface area contributed by atoms with Crippen LogP contribution in [0.1, 0.15) is 25.8 Å². The highest BCUT2D eigenvalue weighted by Crippen LogP contribution is 2.41. The Labute approximate surface area is 112 Å². The van der Waals surface area contributed by atoms with Gasteiger partial charge in [0.25, 0.3) is 0 Å². The summed E-state index contributed by atoms with van der Waals surface area (Å²) in [6, 6.07) is 5.53. The van der Waals surface area contributed by atoms with Gasteiger partial charge >= 0.3 is 0 Å². The molecule has 1 aliphatic rings. The Bertz CT molecular complexity index is 537. The van der Waals surface area contributed by atoms with Crippen LogP contribution in [0.25, 0.3) is 0 Å². The smallest absolute Gasteiger partial charge is 0.236 e. The monoisotopic (exact) mass is 261 g/mol. The summed E-state index contributed by atoms with van der Waals surface area (Å²) < 4.78 is 0. The number of hydrogen-bond acceptors (Lipinski definition) is 3. The standard InChI is InChI=1S/C14H19N3O2/c1-14(2)10-8-9(16-12(18)6-7-15)4-5-11(10)17(3)13(14)19/h4-5,8H,6-7,15H2,1-3H3,(H,16,18). The van der Waals surface area contributed by atoms with Gasteiger partial charge in [-0.3, -0.25) is 9.59 Å². The molecule has 0 unspecified atom stereocenters. The van der Waals surface area contributed by atoms with Gasteiger partial charge in [0.2, 0.25) is 11.8 Å². The second kappa shape index (κ2) is 4.66. The van der Waals surface area contributed by atoms with Crippen molar-refractivity contribution in [3.8, 4) is 0 Å². The van der Waals surface area contributed by atoms with Gasteiger partial charge in [0, 0.05) is 31.4 Å². The zero-order chi connectivity index (χ0) is 14.2. The van der Waals surface area contributed by atoms with E-state index in [4.69, 9.17) is 5.73 Å². The predicted molar refractivity (Wildman–Crippen MR) is 75.2 cm³/mol. The molecule has 0 spiro atoms. The van der Waals surface area contributed by atoms with Gasteiger partial charge < -0.3 is 16.0 Å². The minimum Gasteiger partial charge on any atom is -0.330 e. The Hall–Kier alpha value is -1.88. The number of nitrogens with two attached hydrogens (primary N) is 1. The first-order valence-electron chi connectivity index (χ1n) is 6.30. The molecule has 1 aromatic carbocycles. The minimum absolute atomic E-state index is 0.0629. The molecule has 0 bridgehead atoms. The summed E-state index contributed by atoms with van der Waals surface area (Å²) in [4.78, 5) is 25.3. The van der Waals surface area contributed by atoms with Crippen LogP contribution in [-0.4, -0.2) is 25.4 Å². The molecule has 0 saturated heterocycles. The van der Waals surface area contributed by atoms with Crippen molar-refractivity contribution in [3.63, 3.8) is 0 Å². The van der Waals surface area contributed by atoms with Crippen molar-refractivity contribution < 1.29 is 9.59 Å². The average molecular weight is 261 g/mol. The summed E-state index contributed by atoms with van der Waals surface area (Å²) >= 11 is 0. The molecule has 0 aromatic heterocycles. The van der Waals surface area contributed by atoms with E-state index in [0.717, 1.165) is 11.3 Å². The van der Waals surface area contributed by atoms with Crippen LogP contribution < -0.4 is 16.0 Å². The van der Waals surface area contributed by atoms with E-state index in [-0.39, 0.29) is 11.8 Å². The van der Waals surface area contributed by atoms with Crippen molar-refractivity contribution in [2.75, 3.05) is 23.8 Å². The maximum atomic E-state index is 12.1. The van der Waals surface area contributed by atoms with Crippen molar-refractivity contribution in [2.24, 2.45) is 5.73 Å². The van der Waals surface area contributed by atoms with Crippen LogP contribution in [0.4, 0.5) is 11.4 Å². The van der Waals surface area contributed by atoms with E-state index in [1.165, 1.54) is 0 Å². The SMILES string of the molecule is CN1C(=O)C(C)(C)c2cc(NC(=O)CCN)ccc21. The summed E-state index contributed by atoms with van der Waals surface area (Å²) in [6.45, 7) is 4.11. The molecule has 1 aliphatic heterocycles. The Morgan fingerprint density at radius 2 is 2.11 bits per heavy atom. The molecule has 19 heavy (non-hydrogen) atoms. The van der Waals surface area contributed by atoms with Crippen LogP contribution in [0, 0.1) is 0 Å². The van der Waals surface area contributed by atoms with Crippen LogP contribution >= 0.6 is 0 Å². The van der Waals surface area contributed by atoms with Gasteiger partial charge in [-0.05, 0) is 37.6 Å². The summed E-state index contributed by atoms with van der Waals surface area (Å²) in [5.74, 6) is -0.0501. The number of fused-ring (bicyclic) bond motifs is 1. The summed E-state index contributed by atoms with van der Waals surface area (Å²) in [6.07, 6.45) is 0.291. The minimum atomic E-state index is -0.557. The largest absolute Gasteiger partial charge is 0.330 e. The normalized spacial score (nSPS) is 16.4. The third-order valence-electron chi connectivity index (χ3n) is 3.53. The van der Waals surface area contributed by atoms with E-state index in [0.29, 0.717) is 18.7 Å². The fraction of sp³-hybridized carbons (Fsp3) is 0.429. The van der Waals surface area contributed by atoms with Gasteiger partial charge in [-0.2, -0.15) is 0 Å². The van der Waals surface area contributed by atoms with Gasteiger partial charge in [0.05, 0.1) is 5.41 Å². The average Bonchev–Trinajstić information content (AvgIpc) is 2.52. The van der Waals surface area contributed by atoms with Crippen LogP contribution in [0.5, 0.6) is 0 Å². The number of nitrogens with zero attached hydrogens (tertiary/aromatic N) is 1. The molecule has 1 aromatic rings. The molecule has 5 nitrogen and oxygen atoms in total. The van der Waals surface area contributed by atoms with Crippen LogP contribution in [0.2, 0.25) is 0 Å². The van der Waals surface area contributed by atoms with Crippen molar-refractivity contribution in [1.82, 2.24) is 0 Å². The van der Waals surface area contributed by atoms with E-state index in [1.807, 2.05) is 26.0 Å². The Morgan fingerprint density at radius 3 is 2.74 bits per heavy atom. The molecule has 0 fully saturated rings. The molecule has 0 atom stereocenters. The van der Waals surface area contributed by atoms with E-state index < -0.39 is 5.41 Å². The molecule has 2 amide bonds. The van der Waals surface area contributed by atoms with Crippen LogP contribution in [0.3, 0.4) is 0 Å². The van der Waals surface area contributed by atoms with Gasteiger partial charge in [0.15, 0.2) is 0 Å². The van der Waals surface area contributed by atoms with Crippen molar-refractivity contribution in [1.29, 1.82) is 0 Å². The van der Waals surface area contributed by atoms with Gasteiger partial charge in [0.1, 0.15) is 0 Å².